The number of amides is 2. The van der Waals surface area contributed by atoms with Gasteiger partial charge in [-0.05, 0) is 25.3 Å². The van der Waals surface area contributed by atoms with Crippen molar-refractivity contribution in [2.45, 2.75) is 38.5 Å². The Morgan fingerprint density at radius 2 is 2.14 bits per heavy atom. The van der Waals surface area contributed by atoms with Crippen LogP contribution in [0.3, 0.4) is 0 Å². The van der Waals surface area contributed by atoms with Gasteiger partial charge in [0.25, 0.3) is 0 Å². The number of rotatable bonds is 4. The molecule has 0 saturated carbocycles. The van der Waals surface area contributed by atoms with Gasteiger partial charge in [-0.15, -0.1) is 0 Å². The van der Waals surface area contributed by atoms with Gasteiger partial charge in [0.2, 0.25) is 5.91 Å². The number of hydrogen-bond donors (Lipinski definition) is 2. The molecule has 120 valence electrons. The molecule has 3 N–H and O–H groups in total. The van der Waals surface area contributed by atoms with Gasteiger partial charge in [-0.25, -0.2) is 4.79 Å². The highest BCUT2D eigenvalue weighted by atomic mass is 16.6. The summed E-state index contributed by atoms with van der Waals surface area (Å²) in [4.78, 5) is 25.4. The topological polar surface area (TPSA) is 84.7 Å². The number of piperidine rings is 1. The van der Waals surface area contributed by atoms with Crippen LogP contribution in [-0.4, -0.2) is 42.1 Å². The van der Waals surface area contributed by atoms with E-state index in [0.29, 0.717) is 13.1 Å². The molecule has 1 aromatic carbocycles. The highest BCUT2D eigenvalue weighted by Gasteiger charge is 2.26. The van der Waals surface area contributed by atoms with Crippen LogP contribution in [0, 0.1) is 0 Å². The van der Waals surface area contributed by atoms with E-state index in [2.05, 4.69) is 5.32 Å². The number of ether oxygens (including phenoxy) is 1. The molecule has 0 radical (unpaired) electrons. The van der Waals surface area contributed by atoms with Crippen molar-refractivity contribution in [1.82, 2.24) is 10.2 Å². The third kappa shape index (κ3) is 4.73. The molecule has 2 amide bonds. The van der Waals surface area contributed by atoms with Crippen molar-refractivity contribution in [3.63, 3.8) is 0 Å². The predicted molar refractivity (Wildman–Crippen MR) is 83.0 cm³/mol. The normalized spacial score (nSPS) is 19.4. The molecule has 1 aliphatic heterocycles. The summed E-state index contributed by atoms with van der Waals surface area (Å²) in [5.41, 5.74) is 6.50. The molecule has 6 nitrogen and oxygen atoms in total. The molecule has 1 saturated heterocycles. The van der Waals surface area contributed by atoms with Crippen LogP contribution in [0.15, 0.2) is 30.3 Å². The van der Waals surface area contributed by atoms with Gasteiger partial charge in [-0.2, -0.15) is 0 Å². The maximum Gasteiger partial charge on any atom is 0.410 e. The van der Waals surface area contributed by atoms with Crippen molar-refractivity contribution < 1.29 is 14.3 Å². The lowest BCUT2D eigenvalue weighted by atomic mass is 10.1. The van der Waals surface area contributed by atoms with Crippen LogP contribution in [-0.2, 0) is 16.1 Å². The number of nitrogens with two attached hydrogens (primary N) is 1. The molecule has 6 heteroatoms. The average Bonchev–Trinajstić information content (AvgIpc) is 2.53. The fourth-order valence-corrected chi connectivity index (χ4v) is 2.40. The summed E-state index contributed by atoms with van der Waals surface area (Å²) in [5.74, 6) is -0.190. The van der Waals surface area contributed by atoms with Crippen molar-refractivity contribution in [1.29, 1.82) is 0 Å². The standard InChI is InChI=1S/C16H23N3O3/c1-12(17)15(20)18-14-8-5-9-19(10-14)16(21)22-11-13-6-3-2-4-7-13/h2-4,6-7,12,14H,5,8-11,17H2,1H3,(H,18,20)/t12-,14+/m0/s1. The Morgan fingerprint density at radius 3 is 2.82 bits per heavy atom. The van der Waals surface area contributed by atoms with Crippen LogP contribution in [0.25, 0.3) is 0 Å². The molecule has 1 fully saturated rings. The Balaban J connectivity index is 1.81. The first kappa shape index (κ1) is 16.3. The van der Waals surface area contributed by atoms with Gasteiger partial charge < -0.3 is 20.7 Å². The third-order valence-electron chi connectivity index (χ3n) is 3.64. The van der Waals surface area contributed by atoms with Crippen LogP contribution < -0.4 is 11.1 Å². The molecule has 0 aromatic heterocycles. The first-order valence-corrected chi connectivity index (χ1v) is 7.58. The Bertz CT molecular complexity index is 505. The first-order chi connectivity index (χ1) is 10.6. The molecule has 22 heavy (non-hydrogen) atoms. The van der Waals surface area contributed by atoms with Crippen molar-refractivity contribution in [2.75, 3.05) is 13.1 Å². The lowest BCUT2D eigenvalue weighted by molar-refractivity contribution is -0.123. The zero-order valence-corrected chi connectivity index (χ0v) is 12.8. The largest absolute Gasteiger partial charge is 0.445 e. The lowest BCUT2D eigenvalue weighted by Gasteiger charge is -2.32. The number of nitrogens with zero attached hydrogens (tertiary/aromatic N) is 1. The number of hydrogen-bond acceptors (Lipinski definition) is 4. The third-order valence-corrected chi connectivity index (χ3v) is 3.64. The molecule has 0 aliphatic carbocycles. The predicted octanol–water partition coefficient (Wildman–Crippen LogP) is 1.25. The molecule has 2 rings (SSSR count). The summed E-state index contributed by atoms with van der Waals surface area (Å²) in [6.07, 6.45) is 1.34. The molecular formula is C16H23N3O3. The smallest absolute Gasteiger partial charge is 0.410 e. The van der Waals surface area contributed by atoms with E-state index in [-0.39, 0.29) is 24.6 Å². The SMILES string of the molecule is C[C@H](N)C(=O)N[C@@H]1CCCN(C(=O)OCc2ccccc2)C1. The summed E-state index contributed by atoms with van der Waals surface area (Å²) < 4.78 is 5.32. The molecule has 1 heterocycles. The van der Waals surface area contributed by atoms with Gasteiger partial charge in [-0.3, -0.25) is 4.79 Å². The van der Waals surface area contributed by atoms with Gasteiger partial charge in [0.15, 0.2) is 0 Å². The van der Waals surface area contributed by atoms with E-state index < -0.39 is 6.04 Å². The Hall–Kier alpha value is -2.08. The molecule has 2 atom stereocenters. The lowest BCUT2D eigenvalue weighted by Crippen LogP contribution is -2.52. The second kappa shape index (κ2) is 7.79. The van der Waals surface area contributed by atoms with Gasteiger partial charge >= 0.3 is 6.09 Å². The molecule has 0 unspecified atom stereocenters. The van der Waals surface area contributed by atoms with Crippen LogP contribution in [0.5, 0.6) is 0 Å². The molecular weight excluding hydrogens is 282 g/mol. The van der Waals surface area contributed by atoms with Gasteiger partial charge in [-0.1, -0.05) is 30.3 Å². The van der Waals surface area contributed by atoms with Gasteiger partial charge in [0, 0.05) is 19.1 Å². The Morgan fingerprint density at radius 1 is 1.41 bits per heavy atom. The fourth-order valence-electron chi connectivity index (χ4n) is 2.40. The number of nitrogens with one attached hydrogen (secondary N) is 1. The van der Waals surface area contributed by atoms with E-state index in [9.17, 15) is 9.59 Å². The van der Waals surface area contributed by atoms with E-state index in [0.717, 1.165) is 18.4 Å². The second-order valence-electron chi connectivity index (χ2n) is 5.62. The molecule has 1 aromatic rings. The van der Waals surface area contributed by atoms with Crippen molar-refractivity contribution in [3.05, 3.63) is 35.9 Å². The summed E-state index contributed by atoms with van der Waals surface area (Å²) in [5, 5.41) is 2.86. The van der Waals surface area contributed by atoms with Crippen molar-refractivity contribution >= 4 is 12.0 Å². The minimum Gasteiger partial charge on any atom is -0.445 e. The highest BCUT2D eigenvalue weighted by molar-refractivity contribution is 5.81. The summed E-state index contributed by atoms with van der Waals surface area (Å²) >= 11 is 0. The zero-order valence-electron chi connectivity index (χ0n) is 12.8. The second-order valence-corrected chi connectivity index (χ2v) is 5.62. The van der Waals surface area contributed by atoms with E-state index in [1.807, 2.05) is 30.3 Å². The zero-order chi connectivity index (χ0) is 15.9. The highest BCUT2D eigenvalue weighted by Crippen LogP contribution is 2.12. The van der Waals surface area contributed by atoms with Gasteiger partial charge in [0.05, 0.1) is 6.04 Å². The minimum atomic E-state index is -0.541. The summed E-state index contributed by atoms with van der Waals surface area (Å²) in [7, 11) is 0. The number of carbonyl (C=O) groups is 2. The van der Waals surface area contributed by atoms with Crippen LogP contribution in [0.1, 0.15) is 25.3 Å². The van der Waals surface area contributed by atoms with Crippen molar-refractivity contribution in [3.8, 4) is 0 Å². The number of likely N-dealkylation sites (tertiary alicyclic amines) is 1. The minimum absolute atomic E-state index is 0.0588. The number of benzene rings is 1. The molecule has 0 bridgehead atoms. The summed E-state index contributed by atoms with van der Waals surface area (Å²) in [6.45, 7) is 3.02. The van der Waals surface area contributed by atoms with E-state index in [4.69, 9.17) is 10.5 Å². The maximum absolute atomic E-state index is 12.1. The summed E-state index contributed by atoms with van der Waals surface area (Å²) in [6, 6.07) is 8.95. The van der Waals surface area contributed by atoms with Crippen molar-refractivity contribution in [2.24, 2.45) is 5.73 Å². The average molecular weight is 305 g/mol. The van der Waals surface area contributed by atoms with Gasteiger partial charge in [0.1, 0.15) is 6.61 Å². The van der Waals surface area contributed by atoms with E-state index in [1.165, 1.54) is 0 Å². The monoisotopic (exact) mass is 305 g/mol. The maximum atomic E-state index is 12.1. The fraction of sp³-hybridized carbons (Fsp3) is 0.500. The van der Waals surface area contributed by atoms with E-state index >= 15 is 0 Å². The number of carbonyl (C=O) groups excluding carboxylic acids is 2. The Labute approximate surface area is 130 Å². The van der Waals surface area contributed by atoms with Crippen LogP contribution in [0.4, 0.5) is 4.79 Å². The first-order valence-electron chi connectivity index (χ1n) is 7.58. The Kier molecular flexibility index (Phi) is 5.77. The van der Waals surface area contributed by atoms with Crippen LogP contribution in [0.2, 0.25) is 0 Å². The van der Waals surface area contributed by atoms with E-state index in [1.54, 1.807) is 11.8 Å². The quantitative estimate of drug-likeness (QED) is 0.877. The molecule has 0 spiro atoms. The molecule has 1 aliphatic rings. The van der Waals surface area contributed by atoms with Crippen LogP contribution >= 0.6 is 0 Å².